The summed E-state index contributed by atoms with van der Waals surface area (Å²) in [4.78, 5) is 30.8. The molecule has 0 saturated carbocycles. The third-order valence-corrected chi connectivity index (χ3v) is 6.19. The van der Waals surface area contributed by atoms with Gasteiger partial charge in [-0.3, -0.25) is 14.2 Å². The molecule has 5 nitrogen and oxygen atoms in total. The van der Waals surface area contributed by atoms with Gasteiger partial charge in [-0.1, -0.05) is 60.7 Å². The summed E-state index contributed by atoms with van der Waals surface area (Å²) in [6.07, 6.45) is 0. The van der Waals surface area contributed by atoms with Crippen LogP contribution in [0.15, 0.2) is 89.3 Å². The maximum Gasteiger partial charge on any atom is 0.307 e. The second kappa shape index (κ2) is 6.02. The van der Waals surface area contributed by atoms with E-state index in [0.29, 0.717) is 39.4 Å². The molecule has 0 N–H and O–H groups in total. The van der Waals surface area contributed by atoms with E-state index in [-0.39, 0.29) is 11.6 Å². The SMILES string of the molecule is O=C1c2ccccc2C(=O)c2cc3oc(-n4c5ccccc5c5ccccc54)nc3cc21. The number of oxazole rings is 1. The number of hydrogen-bond acceptors (Lipinski definition) is 4. The standard InChI is InChI=1S/C27H14N2O3/c30-25-17-9-1-2-10-18(17)26(31)20-14-24-21(13-19(20)25)28-27(32-24)29-22-11-5-3-7-15(22)16-8-4-6-12-23(16)29/h1-14H. The Morgan fingerprint density at radius 1 is 0.625 bits per heavy atom. The number of benzene rings is 4. The van der Waals surface area contributed by atoms with Gasteiger partial charge in [0.25, 0.3) is 0 Å². The minimum absolute atomic E-state index is 0.168. The summed E-state index contributed by atoms with van der Waals surface area (Å²) in [6.45, 7) is 0. The van der Waals surface area contributed by atoms with E-state index >= 15 is 0 Å². The Hall–Kier alpha value is -4.51. The lowest BCUT2D eigenvalue weighted by molar-refractivity contribution is 0.0979. The monoisotopic (exact) mass is 414 g/mol. The van der Waals surface area contributed by atoms with Crippen LogP contribution in [0.5, 0.6) is 0 Å². The van der Waals surface area contributed by atoms with Gasteiger partial charge < -0.3 is 4.42 Å². The first-order valence-electron chi connectivity index (χ1n) is 10.3. The van der Waals surface area contributed by atoms with Crippen molar-refractivity contribution in [2.45, 2.75) is 0 Å². The third-order valence-electron chi connectivity index (χ3n) is 6.19. The molecule has 0 saturated heterocycles. The van der Waals surface area contributed by atoms with Gasteiger partial charge in [-0.2, -0.15) is 4.98 Å². The largest absolute Gasteiger partial charge is 0.423 e. The zero-order chi connectivity index (χ0) is 21.4. The Morgan fingerprint density at radius 2 is 1.16 bits per heavy atom. The molecule has 32 heavy (non-hydrogen) atoms. The molecule has 0 aliphatic heterocycles. The number of hydrogen-bond donors (Lipinski definition) is 0. The summed E-state index contributed by atoms with van der Waals surface area (Å²) in [5, 5.41) is 2.20. The van der Waals surface area contributed by atoms with Crippen molar-refractivity contribution in [3.63, 3.8) is 0 Å². The van der Waals surface area contributed by atoms with Crippen molar-refractivity contribution in [2.75, 3.05) is 0 Å². The molecule has 2 aromatic heterocycles. The summed E-state index contributed by atoms with van der Waals surface area (Å²) < 4.78 is 8.13. The van der Waals surface area contributed by atoms with Crippen molar-refractivity contribution in [1.82, 2.24) is 9.55 Å². The lowest BCUT2D eigenvalue weighted by Crippen LogP contribution is -2.20. The van der Waals surface area contributed by atoms with Gasteiger partial charge in [0.05, 0.1) is 11.0 Å². The highest BCUT2D eigenvalue weighted by Gasteiger charge is 2.30. The van der Waals surface area contributed by atoms with E-state index in [2.05, 4.69) is 12.1 Å². The first-order chi connectivity index (χ1) is 15.7. The molecule has 150 valence electrons. The number of carbonyl (C=O) groups is 2. The second-order valence-electron chi connectivity index (χ2n) is 7.94. The fourth-order valence-corrected chi connectivity index (χ4v) is 4.73. The molecule has 2 heterocycles. The van der Waals surface area contributed by atoms with Crippen LogP contribution in [0.2, 0.25) is 0 Å². The number of para-hydroxylation sites is 2. The molecule has 4 aromatic carbocycles. The van der Waals surface area contributed by atoms with Crippen LogP contribution in [0.4, 0.5) is 0 Å². The van der Waals surface area contributed by atoms with E-state index in [1.165, 1.54) is 0 Å². The summed E-state index contributed by atoms with van der Waals surface area (Å²) >= 11 is 0. The van der Waals surface area contributed by atoms with Crippen LogP contribution < -0.4 is 0 Å². The fourth-order valence-electron chi connectivity index (χ4n) is 4.73. The van der Waals surface area contributed by atoms with Gasteiger partial charge in [-0.15, -0.1) is 0 Å². The molecule has 0 atom stereocenters. The van der Waals surface area contributed by atoms with Crippen molar-refractivity contribution in [2.24, 2.45) is 0 Å². The van der Waals surface area contributed by atoms with E-state index in [0.717, 1.165) is 21.8 Å². The molecular weight excluding hydrogens is 400 g/mol. The van der Waals surface area contributed by atoms with Gasteiger partial charge >= 0.3 is 6.01 Å². The number of carbonyl (C=O) groups excluding carboxylic acids is 2. The highest BCUT2D eigenvalue weighted by molar-refractivity contribution is 6.29. The van der Waals surface area contributed by atoms with Crippen LogP contribution in [-0.2, 0) is 0 Å². The number of fused-ring (bicyclic) bond motifs is 6. The predicted molar refractivity (Wildman–Crippen MR) is 122 cm³/mol. The van der Waals surface area contributed by atoms with E-state index in [4.69, 9.17) is 9.40 Å². The summed E-state index contributed by atoms with van der Waals surface area (Å²) in [7, 11) is 0. The Kier molecular flexibility index (Phi) is 3.23. The van der Waals surface area contributed by atoms with Crippen LogP contribution in [0.25, 0.3) is 38.9 Å². The molecule has 7 rings (SSSR count). The van der Waals surface area contributed by atoms with E-state index < -0.39 is 0 Å². The van der Waals surface area contributed by atoms with Crippen molar-refractivity contribution in [3.05, 3.63) is 107 Å². The zero-order valence-electron chi connectivity index (χ0n) is 16.7. The Bertz CT molecular complexity index is 1650. The topological polar surface area (TPSA) is 65.1 Å². The smallest absolute Gasteiger partial charge is 0.307 e. The Balaban J connectivity index is 1.50. The molecule has 0 radical (unpaired) electrons. The van der Waals surface area contributed by atoms with Gasteiger partial charge in [-0.05, 0) is 24.3 Å². The van der Waals surface area contributed by atoms with Gasteiger partial charge in [0.2, 0.25) is 0 Å². The molecule has 0 unspecified atom stereocenters. The number of aromatic nitrogens is 2. The zero-order valence-corrected chi connectivity index (χ0v) is 16.7. The quantitative estimate of drug-likeness (QED) is 0.346. The number of rotatable bonds is 1. The molecule has 0 bridgehead atoms. The van der Waals surface area contributed by atoms with Crippen molar-refractivity contribution >= 4 is 44.5 Å². The van der Waals surface area contributed by atoms with Crippen LogP contribution in [0.3, 0.4) is 0 Å². The normalized spacial score (nSPS) is 13.1. The molecule has 5 heteroatoms. The van der Waals surface area contributed by atoms with E-state index in [1.54, 1.807) is 36.4 Å². The van der Waals surface area contributed by atoms with Crippen molar-refractivity contribution in [3.8, 4) is 6.01 Å². The first-order valence-corrected chi connectivity index (χ1v) is 10.3. The lowest BCUT2D eigenvalue weighted by Gasteiger charge is -2.16. The molecule has 6 aromatic rings. The fraction of sp³-hybridized carbons (Fsp3) is 0. The maximum absolute atomic E-state index is 13.1. The summed E-state index contributed by atoms with van der Waals surface area (Å²) in [5.41, 5.74) is 4.53. The van der Waals surface area contributed by atoms with Crippen molar-refractivity contribution in [1.29, 1.82) is 0 Å². The first kappa shape index (κ1) is 17.2. The van der Waals surface area contributed by atoms with Gasteiger partial charge in [0.15, 0.2) is 17.1 Å². The average Bonchev–Trinajstić information content (AvgIpc) is 3.39. The van der Waals surface area contributed by atoms with Crippen LogP contribution in [-0.4, -0.2) is 21.1 Å². The van der Waals surface area contributed by atoms with Gasteiger partial charge in [0.1, 0.15) is 5.52 Å². The summed E-state index contributed by atoms with van der Waals surface area (Å²) in [5.74, 6) is -0.342. The van der Waals surface area contributed by atoms with Gasteiger partial charge in [0, 0.05) is 33.0 Å². The minimum atomic E-state index is -0.174. The minimum Gasteiger partial charge on any atom is -0.423 e. The molecule has 0 amide bonds. The third kappa shape index (κ3) is 2.14. The van der Waals surface area contributed by atoms with E-state index in [9.17, 15) is 9.59 Å². The molecule has 0 spiro atoms. The average molecular weight is 414 g/mol. The highest BCUT2D eigenvalue weighted by Crippen LogP contribution is 2.35. The molecule has 1 aliphatic carbocycles. The Labute approximate surface area is 181 Å². The molecule has 1 aliphatic rings. The van der Waals surface area contributed by atoms with Crippen LogP contribution >= 0.6 is 0 Å². The summed E-state index contributed by atoms with van der Waals surface area (Å²) in [6, 6.07) is 26.8. The van der Waals surface area contributed by atoms with Crippen LogP contribution in [0.1, 0.15) is 31.8 Å². The second-order valence-corrected chi connectivity index (χ2v) is 7.94. The lowest BCUT2D eigenvalue weighted by atomic mass is 9.84. The van der Waals surface area contributed by atoms with Crippen LogP contribution in [0, 0.1) is 0 Å². The number of nitrogens with zero attached hydrogens (tertiary/aromatic N) is 2. The maximum atomic E-state index is 13.1. The molecule has 0 fully saturated rings. The van der Waals surface area contributed by atoms with Gasteiger partial charge in [-0.25, -0.2) is 0 Å². The predicted octanol–water partition coefficient (Wildman–Crippen LogP) is 5.70. The Morgan fingerprint density at radius 3 is 1.78 bits per heavy atom. The van der Waals surface area contributed by atoms with Crippen molar-refractivity contribution < 1.29 is 14.0 Å². The molecular formula is C27H14N2O3. The number of ketones is 2. The van der Waals surface area contributed by atoms with E-state index in [1.807, 2.05) is 41.0 Å². The highest BCUT2D eigenvalue weighted by atomic mass is 16.4.